The third kappa shape index (κ3) is 6.02. The maximum Gasteiger partial charge on any atom is 0.258 e. The fraction of sp³-hybridized carbons (Fsp3) is 0.600. The monoisotopic (exact) mass is 362 g/mol. The molecule has 6 nitrogen and oxygen atoms in total. The average molecular weight is 362 g/mol. The van der Waals surface area contributed by atoms with Gasteiger partial charge in [0.2, 0.25) is 5.91 Å². The summed E-state index contributed by atoms with van der Waals surface area (Å²) in [5, 5.41) is 2.89. The zero-order valence-electron chi connectivity index (χ0n) is 16.2. The first-order chi connectivity index (χ1) is 12.3. The van der Waals surface area contributed by atoms with Crippen molar-refractivity contribution in [3.8, 4) is 5.75 Å². The summed E-state index contributed by atoms with van der Waals surface area (Å²) in [6, 6.07) is 7.15. The van der Waals surface area contributed by atoms with Gasteiger partial charge in [-0.15, -0.1) is 0 Å². The number of para-hydroxylation sites is 1. The van der Waals surface area contributed by atoms with E-state index in [0.29, 0.717) is 24.5 Å². The minimum Gasteiger partial charge on any atom is -0.490 e. The standard InChI is InChI=1S/C20H30N2O4/c1-5-22(13-18(23)21-20(2,3)4)19(24)16-10-6-7-11-17(16)26-14-15-9-8-12-25-15/h6-7,10-11,15H,5,8-9,12-14H2,1-4H3,(H,21,23). The molecule has 1 fully saturated rings. The Kier molecular flexibility index (Phi) is 7.03. The molecular formula is C20H30N2O4. The Hall–Kier alpha value is -2.08. The SMILES string of the molecule is CCN(CC(=O)NC(C)(C)C)C(=O)c1ccccc1OCC1CCCO1. The summed E-state index contributed by atoms with van der Waals surface area (Å²) in [6.07, 6.45) is 2.10. The Morgan fingerprint density at radius 1 is 1.31 bits per heavy atom. The molecule has 0 aromatic heterocycles. The largest absolute Gasteiger partial charge is 0.490 e. The van der Waals surface area contributed by atoms with E-state index < -0.39 is 0 Å². The molecule has 0 aliphatic carbocycles. The van der Waals surface area contributed by atoms with E-state index in [2.05, 4.69) is 5.32 Å². The van der Waals surface area contributed by atoms with E-state index in [-0.39, 0.29) is 30.0 Å². The van der Waals surface area contributed by atoms with Crippen LogP contribution in [0.2, 0.25) is 0 Å². The topological polar surface area (TPSA) is 67.9 Å². The molecule has 1 atom stereocenters. The maximum atomic E-state index is 12.9. The molecule has 0 spiro atoms. The van der Waals surface area contributed by atoms with E-state index in [4.69, 9.17) is 9.47 Å². The van der Waals surface area contributed by atoms with E-state index in [1.165, 1.54) is 4.90 Å². The number of nitrogens with one attached hydrogen (secondary N) is 1. The first-order valence-corrected chi connectivity index (χ1v) is 9.24. The van der Waals surface area contributed by atoms with Crippen molar-refractivity contribution in [2.24, 2.45) is 0 Å². The lowest BCUT2D eigenvalue weighted by molar-refractivity contribution is -0.123. The van der Waals surface area contributed by atoms with Crippen molar-refractivity contribution in [2.75, 3.05) is 26.3 Å². The smallest absolute Gasteiger partial charge is 0.258 e. The summed E-state index contributed by atoms with van der Waals surface area (Å²) in [5.74, 6) is 0.146. The molecule has 1 unspecified atom stereocenters. The van der Waals surface area contributed by atoms with Gasteiger partial charge < -0.3 is 19.7 Å². The van der Waals surface area contributed by atoms with Crippen LogP contribution >= 0.6 is 0 Å². The number of carbonyl (C=O) groups excluding carboxylic acids is 2. The molecule has 1 aliphatic heterocycles. The number of likely N-dealkylation sites (N-methyl/N-ethyl adjacent to an activating group) is 1. The Morgan fingerprint density at radius 3 is 2.65 bits per heavy atom. The fourth-order valence-corrected chi connectivity index (χ4v) is 2.86. The molecule has 1 aliphatic rings. The van der Waals surface area contributed by atoms with Gasteiger partial charge in [-0.25, -0.2) is 0 Å². The van der Waals surface area contributed by atoms with Crippen molar-refractivity contribution in [3.63, 3.8) is 0 Å². The molecule has 1 saturated heterocycles. The summed E-state index contributed by atoms with van der Waals surface area (Å²) >= 11 is 0. The summed E-state index contributed by atoms with van der Waals surface area (Å²) in [7, 11) is 0. The number of ether oxygens (including phenoxy) is 2. The van der Waals surface area contributed by atoms with Gasteiger partial charge >= 0.3 is 0 Å². The van der Waals surface area contributed by atoms with Gasteiger partial charge in [-0.2, -0.15) is 0 Å². The van der Waals surface area contributed by atoms with Crippen LogP contribution < -0.4 is 10.1 Å². The van der Waals surface area contributed by atoms with Crippen LogP contribution in [0.5, 0.6) is 5.75 Å². The van der Waals surface area contributed by atoms with Crippen LogP contribution in [-0.4, -0.2) is 54.7 Å². The van der Waals surface area contributed by atoms with E-state index in [0.717, 1.165) is 19.4 Å². The zero-order valence-corrected chi connectivity index (χ0v) is 16.2. The Bertz CT molecular complexity index is 618. The lowest BCUT2D eigenvalue weighted by Gasteiger charge is -2.25. The molecule has 2 rings (SSSR count). The summed E-state index contributed by atoms with van der Waals surface area (Å²) in [6.45, 7) is 9.26. The zero-order chi connectivity index (χ0) is 19.2. The maximum absolute atomic E-state index is 12.9. The predicted octanol–water partition coefficient (Wildman–Crippen LogP) is 2.62. The molecule has 0 saturated carbocycles. The van der Waals surface area contributed by atoms with Crippen molar-refractivity contribution in [3.05, 3.63) is 29.8 Å². The second kappa shape index (κ2) is 9.03. The average Bonchev–Trinajstić information content (AvgIpc) is 3.09. The first-order valence-electron chi connectivity index (χ1n) is 9.24. The first kappa shape index (κ1) is 20.2. The molecule has 144 valence electrons. The van der Waals surface area contributed by atoms with Crippen molar-refractivity contribution in [2.45, 2.75) is 52.2 Å². The van der Waals surface area contributed by atoms with Gasteiger partial charge in [0.25, 0.3) is 5.91 Å². The van der Waals surface area contributed by atoms with Crippen LogP contribution in [0, 0.1) is 0 Å². The highest BCUT2D eigenvalue weighted by Crippen LogP contribution is 2.22. The normalized spacial score (nSPS) is 17.0. The number of rotatable bonds is 7. The summed E-state index contributed by atoms with van der Waals surface area (Å²) in [5.41, 5.74) is 0.137. The van der Waals surface area contributed by atoms with E-state index in [1.54, 1.807) is 18.2 Å². The van der Waals surface area contributed by atoms with Crippen LogP contribution in [-0.2, 0) is 9.53 Å². The Labute approximate surface area is 155 Å². The number of amides is 2. The van der Waals surface area contributed by atoms with Crippen molar-refractivity contribution in [1.29, 1.82) is 0 Å². The van der Waals surface area contributed by atoms with Gasteiger partial charge in [-0.05, 0) is 52.7 Å². The van der Waals surface area contributed by atoms with E-state index >= 15 is 0 Å². The lowest BCUT2D eigenvalue weighted by Crippen LogP contribution is -2.47. The molecular weight excluding hydrogens is 332 g/mol. The third-order valence-corrected chi connectivity index (χ3v) is 4.08. The van der Waals surface area contributed by atoms with Crippen LogP contribution in [0.15, 0.2) is 24.3 Å². The summed E-state index contributed by atoms with van der Waals surface area (Å²) in [4.78, 5) is 26.6. The van der Waals surface area contributed by atoms with Gasteiger partial charge in [0.15, 0.2) is 0 Å². The molecule has 6 heteroatoms. The molecule has 1 aromatic rings. The second-order valence-electron chi connectivity index (χ2n) is 7.56. The minimum atomic E-state index is -0.332. The number of nitrogens with zero attached hydrogens (tertiary/aromatic N) is 1. The van der Waals surface area contributed by atoms with Crippen molar-refractivity contribution < 1.29 is 19.1 Å². The van der Waals surface area contributed by atoms with Crippen LogP contribution in [0.25, 0.3) is 0 Å². The highest BCUT2D eigenvalue weighted by Gasteiger charge is 2.23. The Morgan fingerprint density at radius 2 is 2.04 bits per heavy atom. The van der Waals surface area contributed by atoms with Gasteiger partial charge in [-0.1, -0.05) is 12.1 Å². The quantitative estimate of drug-likeness (QED) is 0.810. The number of hydrogen-bond acceptors (Lipinski definition) is 4. The van der Waals surface area contributed by atoms with Crippen LogP contribution in [0.3, 0.4) is 0 Å². The Balaban J connectivity index is 2.04. The molecule has 26 heavy (non-hydrogen) atoms. The van der Waals surface area contributed by atoms with Crippen molar-refractivity contribution >= 4 is 11.8 Å². The van der Waals surface area contributed by atoms with E-state index in [9.17, 15) is 9.59 Å². The summed E-state index contributed by atoms with van der Waals surface area (Å²) < 4.78 is 11.4. The number of benzene rings is 1. The van der Waals surface area contributed by atoms with E-state index in [1.807, 2.05) is 33.8 Å². The highest BCUT2D eigenvalue weighted by molar-refractivity contribution is 5.98. The van der Waals surface area contributed by atoms with Crippen molar-refractivity contribution in [1.82, 2.24) is 10.2 Å². The highest BCUT2D eigenvalue weighted by atomic mass is 16.5. The molecule has 2 amide bonds. The van der Waals surface area contributed by atoms with Gasteiger partial charge in [0.1, 0.15) is 12.4 Å². The van der Waals surface area contributed by atoms with Crippen LogP contribution in [0.1, 0.15) is 50.9 Å². The van der Waals surface area contributed by atoms with Gasteiger partial charge in [0.05, 0.1) is 18.2 Å². The van der Waals surface area contributed by atoms with Gasteiger partial charge in [-0.3, -0.25) is 9.59 Å². The minimum absolute atomic E-state index is 0.0205. The van der Waals surface area contributed by atoms with Crippen LogP contribution in [0.4, 0.5) is 0 Å². The van der Waals surface area contributed by atoms with Gasteiger partial charge in [0, 0.05) is 18.7 Å². The number of carbonyl (C=O) groups is 2. The fourth-order valence-electron chi connectivity index (χ4n) is 2.86. The molecule has 1 N–H and O–H groups in total. The molecule has 0 radical (unpaired) electrons. The molecule has 1 heterocycles. The third-order valence-electron chi connectivity index (χ3n) is 4.08. The molecule has 1 aromatic carbocycles. The second-order valence-corrected chi connectivity index (χ2v) is 7.56. The number of hydrogen-bond donors (Lipinski definition) is 1. The molecule has 0 bridgehead atoms. The predicted molar refractivity (Wildman–Crippen MR) is 100 cm³/mol. The lowest BCUT2D eigenvalue weighted by atomic mass is 10.1.